The first kappa shape index (κ1) is 18.3. The van der Waals surface area contributed by atoms with Crippen LogP contribution >= 0.6 is 12.4 Å². The summed E-state index contributed by atoms with van der Waals surface area (Å²) in [6, 6.07) is 2.25. The SMILES string of the molecule is Cl.O=C(NC1CCCCCCC1)C1(n2cccn2)CCNCC1. The predicted octanol–water partition coefficient (Wildman–Crippen LogP) is 2.61. The lowest BCUT2D eigenvalue weighted by Crippen LogP contribution is -2.56. The normalized spacial score (nSPS) is 22.4. The maximum atomic E-state index is 13.1. The first-order chi connectivity index (χ1) is 10.8. The van der Waals surface area contributed by atoms with E-state index in [-0.39, 0.29) is 18.3 Å². The van der Waals surface area contributed by atoms with Crippen LogP contribution in [0.3, 0.4) is 0 Å². The molecule has 23 heavy (non-hydrogen) atoms. The Balaban J connectivity index is 0.00000192. The van der Waals surface area contributed by atoms with Crippen molar-refractivity contribution < 1.29 is 4.79 Å². The highest BCUT2D eigenvalue weighted by Gasteiger charge is 2.42. The van der Waals surface area contributed by atoms with Gasteiger partial charge < -0.3 is 10.6 Å². The van der Waals surface area contributed by atoms with Crippen LogP contribution in [0.2, 0.25) is 0 Å². The molecular weight excluding hydrogens is 312 g/mol. The molecule has 1 aliphatic carbocycles. The molecule has 0 unspecified atom stereocenters. The topological polar surface area (TPSA) is 59.0 Å². The van der Waals surface area contributed by atoms with Gasteiger partial charge in [-0.3, -0.25) is 9.48 Å². The lowest BCUT2D eigenvalue weighted by Gasteiger charge is -2.37. The molecule has 0 spiro atoms. The molecule has 0 bridgehead atoms. The Morgan fingerprint density at radius 3 is 2.39 bits per heavy atom. The molecule has 3 rings (SSSR count). The van der Waals surface area contributed by atoms with E-state index in [0.29, 0.717) is 6.04 Å². The predicted molar refractivity (Wildman–Crippen MR) is 93.8 cm³/mol. The number of hydrogen-bond acceptors (Lipinski definition) is 3. The van der Waals surface area contributed by atoms with E-state index in [1.54, 1.807) is 6.20 Å². The fourth-order valence-electron chi connectivity index (χ4n) is 3.84. The summed E-state index contributed by atoms with van der Waals surface area (Å²) < 4.78 is 1.88. The first-order valence-corrected chi connectivity index (χ1v) is 8.83. The summed E-state index contributed by atoms with van der Waals surface area (Å²) in [5, 5.41) is 11.1. The number of nitrogens with one attached hydrogen (secondary N) is 2. The van der Waals surface area contributed by atoms with Gasteiger partial charge >= 0.3 is 0 Å². The van der Waals surface area contributed by atoms with E-state index in [1.165, 1.54) is 32.1 Å². The molecule has 0 radical (unpaired) electrons. The molecular formula is C17H29ClN4O. The molecule has 1 amide bonds. The number of carbonyl (C=O) groups is 1. The lowest BCUT2D eigenvalue weighted by molar-refractivity contribution is -0.132. The van der Waals surface area contributed by atoms with E-state index >= 15 is 0 Å². The van der Waals surface area contributed by atoms with Crippen LogP contribution in [0.25, 0.3) is 0 Å². The van der Waals surface area contributed by atoms with Gasteiger partial charge in [0.2, 0.25) is 5.91 Å². The summed E-state index contributed by atoms with van der Waals surface area (Å²) in [7, 11) is 0. The quantitative estimate of drug-likeness (QED) is 0.889. The Morgan fingerprint density at radius 2 is 1.78 bits per heavy atom. The van der Waals surface area contributed by atoms with Gasteiger partial charge in [-0.25, -0.2) is 0 Å². The number of nitrogens with zero attached hydrogens (tertiary/aromatic N) is 2. The van der Waals surface area contributed by atoms with Crippen molar-refractivity contribution in [1.29, 1.82) is 0 Å². The Kier molecular flexibility index (Phi) is 6.90. The van der Waals surface area contributed by atoms with Gasteiger partial charge in [-0.05, 0) is 44.8 Å². The summed E-state index contributed by atoms with van der Waals surface area (Å²) >= 11 is 0. The maximum Gasteiger partial charge on any atom is 0.248 e. The van der Waals surface area contributed by atoms with Gasteiger partial charge in [-0.15, -0.1) is 12.4 Å². The van der Waals surface area contributed by atoms with Gasteiger partial charge in [0, 0.05) is 18.4 Å². The van der Waals surface area contributed by atoms with Crippen molar-refractivity contribution in [3.8, 4) is 0 Å². The standard InChI is InChI=1S/C17H28N4O.ClH/c22-16(20-15-7-4-2-1-3-5-8-15)17(9-12-18-13-10-17)21-14-6-11-19-21;/h6,11,14-15,18H,1-5,7-10,12-13H2,(H,20,22);1H. The molecule has 130 valence electrons. The second-order valence-electron chi connectivity index (χ2n) is 6.75. The van der Waals surface area contributed by atoms with Crippen LogP contribution in [0.4, 0.5) is 0 Å². The van der Waals surface area contributed by atoms with E-state index in [1.807, 2.05) is 16.9 Å². The largest absolute Gasteiger partial charge is 0.351 e. The highest BCUT2D eigenvalue weighted by Crippen LogP contribution is 2.28. The third-order valence-electron chi connectivity index (χ3n) is 5.24. The van der Waals surface area contributed by atoms with Crippen LogP contribution < -0.4 is 10.6 Å². The second-order valence-corrected chi connectivity index (χ2v) is 6.75. The fraction of sp³-hybridized carbons (Fsp3) is 0.765. The molecule has 1 saturated carbocycles. The van der Waals surface area contributed by atoms with E-state index < -0.39 is 5.54 Å². The van der Waals surface area contributed by atoms with E-state index in [2.05, 4.69) is 15.7 Å². The molecule has 1 aromatic heterocycles. The van der Waals surface area contributed by atoms with Crippen LogP contribution in [0.15, 0.2) is 18.5 Å². The minimum atomic E-state index is -0.503. The summed E-state index contributed by atoms with van der Waals surface area (Å²) in [5.41, 5.74) is -0.503. The van der Waals surface area contributed by atoms with E-state index in [4.69, 9.17) is 0 Å². The average molecular weight is 341 g/mol. The summed E-state index contributed by atoms with van der Waals surface area (Å²) in [6.45, 7) is 1.75. The van der Waals surface area contributed by atoms with Crippen molar-refractivity contribution in [3.63, 3.8) is 0 Å². The molecule has 0 atom stereocenters. The Bertz CT molecular complexity index is 463. The smallest absolute Gasteiger partial charge is 0.248 e. The third-order valence-corrected chi connectivity index (χ3v) is 5.24. The van der Waals surface area contributed by atoms with Crippen molar-refractivity contribution in [3.05, 3.63) is 18.5 Å². The minimum absolute atomic E-state index is 0. The van der Waals surface area contributed by atoms with E-state index in [0.717, 1.165) is 38.8 Å². The van der Waals surface area contributed by atoms with Crippen LogP contribution in [-0.2, 0) is 10.3 Å². The minimum Gasteiger partial charge on any atom is -0.351 e. The Labute approximate surface area is 145 Å². The van der Waals surface area contributed by atoms with Crippen molar-refractivity contribution in [2.45, 2.75) is 69.4 Å². The van der Waals surface area contributed by atoms with Crippen LogP contribution in [-0.4, -0.2) is 34.8 Å². The van der Waals surface area contributed by atoms with Crippen LogP contribution in [0, 0.1) is 0 Å². The zero-order valence-corrected chi connectivity index (χ0v) is 14.6. The van der Waals surface area contributed by atoms with Crippen LogP contribution in [0.1, 0.15) is 57.8 Å². The molecule has 1 aliphatic heterocycles. The number of hydrogen-bond donors (Lipinski definition) is 2. The molecule has 2 fully saturated rings. The van der Waals surface area contributed by atoms with Gasteiger partial charge in [-0.1, -0.05) is 32.1 Å². The van der Waals surface area contributed by atoms with Crippen molar-refractivity contribution in [2.75, 3.05) is 13.1 Å². The number of halogens is 1. The monoisotopic (exact) mass is 340 g/mol. The average Bonchev–Trinajstić information content (AvgIpc) is 3.05. The molecule has 5 nitrogen and oxygen atoms in total. The van der Waals surface area contributed by atoms with Crippen molar-refractivity contribution in [2.24, 2.45) is 0 Å². The highest BCUT2D eigenvalue weighted by atomic mass is 35.5. The molecule has 1 aromatic rings. The zero-order chi connectivity index (χ0) is 15.3. The number of carbonyl (C=O) groups excluding carboxylic acids is 1. The molecule has 2 aliphatic rings. The number of rotatable bonds is 3. The molecule has 2 heterocycles. The van der Waals surface area contributed by atoms with E-state index in [9.17, 15) is 4.79 Å². The highest BCUT2D eigenvalue weighted by molar-refractivity contribution is 5.85. The van der Waals surface area contributed by atoms with Gasteiger partial charge in [0.1, 0.15) is 5.54 Å². The van der Waals surface area contributed by atoms with Gasteiger partial charge in [-0.2, -0.15) is 5.10 Å². The lowest BCUT2D eigenvalue weighted by atomic mass is 9.86. The van der Waals surface area contributed by atoms with Gasteiger partial charge in [0.25, 0.3) is 0 Å². The van der Waals surface area contributed by atoms with Crippen molar-refractivity contribution >= 4 is 18.3 Å². The number of piperidine rings is 1. The maximum absolute atomic E-state index is 13.1. The number of amides is 1. The number of aromatic nitrogens is 2. The fourth-order valence-corrected chi connectivity index (χ4v) is 3.84. The summed E-state index contributed by atoms with van der Waals surface area (Å²) in [6.07, 6.45) is 14.0. The second kappa shape index (κ2) is 8.69. The van der Waals surface area contributed by atoms with Gasteiger partial charge in [0.05, 0.1) is 0 Å². The van der Waals surface area contributed by atoms with Crippen LogP contribution in [0.5, 0.6) is 0 Å². The van der Waals surface area contributed by atoms with Crippen molar-refractivity contribution in [1.82, 2.24) is 20.4 Å². The molecule has 6 heteroatoms. The summed E-state index contributed by atoms with van der Waals surface area (Å²) in [5.74, 6) is 0.170. The summed E-state index contributed by atoms with van der Waals surface area (Å²) in [4.78, 5) is 13.1. The van der Waals surface area contributed by atoms with Gasteiger partial charge in [0.15, 0.2) is 0 Å². The molecule has 2 N–H and O–H groups in total. The first-order valence-electron chi connectivity index (χ1n) is 8.83. The Hall–Kier alpha value is -1.07. The Morgan fingerprint density at radius 1 is 1.13 bits per heavy atom. The molecule has 0 aromatic carbocycles. The molecule has 1 saturated heterocycles. The zero-order valence-electron chi connectivity index (χ0n) is 13.8. The third kappa shape index (κ3) is 4.27.